The van der Waals surface area contributed by atoms with Crippen LogP contribution < -0.4 is 25.5 Å². The summed E-state index contributed by atoms with van der Waals surface area (Å²) in [5.74, 6) is 0. The van der Waals surface area contributed by atoms with Crippen molar-refractivity contribution in [2.45, 2.75) is 163 Å². The molecule has 0 unspecified atom stereocenters. The lowest BCUT2D eigenvalue weighted by Crippen LogP contribution is -2.60. The highest BCUT2D eigenvalue weighted by atomic mass is 32.1. The monoisotopic (exact) mass is 901 g/mol. The number of fused-ring (bicyclic) bond motifs is 7. The number of hydrogen-bond acceptors (Lipinski definition) is 3. The van der Waals surface area contributed by atoms with Gasteiger partial charge in [-0.15, -0.1) is 11.3 Å². The summed E-state index contributed by atoms with van der Waals surface area (Å²) in [4.78, 5) is 5.36. The van der Waals surface area contributed by atoms with Crippen molar-refractivity contribution in [3.8, 4) is 11.1 Å². The second-order valence-corrected chi connectivity index (χ2v) is 27.0. The summed E-state index contributed by atoms with van der Waals surface area (Å²) in [6.45, 7) is 40.3. The molecular weight excluding hydrogens is 828 g/mol. The fourth-order valence-electron chi connectivity index (χ4n) is 11.4. The minimum Gasteiger partial charge on any atom is -0.311 e. The molecule has 2 aliphatic heterocycles. The molecule has 0 N–H and O–H groups in total. The lowest BCUT2D eigenvalue weighted by atomic mass is 9.36. The van der Waals surface area contributed by atoms with Gasteiger partial charge in [-0.05, 0) is 162 Å². The lowest BCUT2D eigenvalue weighted by molar-refractivity contribution is 0.332. The van der Waals surface area contributed by atoms with E-state index in [0.29, 0.717) is 0 Å². The van der Waals surface area contributed by atoms with Gasteiger partial charge in [-0.3, -0.25) is 0 Å². The summed E-state index contributed by atoms with van der Waals surface area (Å²) >= 11 is 2.01. The van der Waals surface area contributed by atoms with Crippen LogP contribution in [0.1, 0.15) is 163 Å². The molecule has 344 valence electrons. The van der Waals surface area contributed by atoms with Crippen molar-refractivity contribution in [2.24, 2.45) is 0 Å². The Morgan fingerprint density at radius 3 is 1.66 bits per heavy atom. The molecule has 0 spiro atoms. The van der Waals surface area contributed by atoms with Crippen LogP contribution in [-0.2, 0) is 32.5 Å². The summed E-state index contributed by atoms with van der Waals surface area (Å²) in [7, 11) is 0. The second-order valence-electron chi connectivity index (χ2n) is 25.9. The van der Waals surface area contributed by atoms with E-state index in [2.05, 4.69) is 237 Å². The van der Waals surface area contributed by atoms with E-state index >= 15 is 0 Å². The van der Waals surface area contributed by atoms with E-state index in [1.807, 2.05) is 11.3 Å². The summed E-state index contributed by atoms with van der Waals surface area (Å²) in [6.07, 6.45) is 2.38. The van der Waals surface area contributed by atoms with Crippen LogP contribution in [0.15, 0.2) is 109 Å². The predicted octanol–water partition coefficient (Wildman–Crippen LogP) is 16.5. The van der Waals surface area contributed by atoms with Crippen LogP contribution in [-0.4, -0.2) is 6.71 Å². The Labute approximate surface area is 407 Å². The average molecular weight is 901 g/mol. The predicted molar refractivity (Wildman–Crippen MR) is 296 cm³/mol. The maximum absolute atomic E-state index is 2.70. The zero-order valence-electron chi connectivity index (χ0n) is 43.7. The van der Waals surface area contributed by atoms with Crippen LogP contribution in [0.5, 0.6) is 0 Å². The van der Waals surface area contributed by atoms with Gasteiger partial charge in [-0.25, -0.2) is 0 Å². The van der Waals surface area contributed by atoms with Crippen molar-refractivity contribution in [3.05, 3.63) is 148 Å². The molecule has 0 bridgehead atoms. The van der Waals surface area contributed by atoms with Gasteiger partial charge in [-0.2, -0.15) is 0 Å². The van der Waals surface area contributed by atoms with Crippen LogP contribution in [0, 0.1) is 6.92 Å². The van der Waals surface area contributed by atoms with Crippen molar-refractivity contribution >= 4 is 78.0 Å². The molecule has 0 fully saturated rings. The fraction of sp³-hybridized carbons (Fsp3) is 0.397. The first kappa shape index (κ1) is 45.7. The van der Waals surface area contributed by atoms with E-state index in [-0.39, 0.29) is 39.2 Å². The van der Waals surface area contributed by atoms with Gasteiger partial charge < -0.3 is 9.80 Å². The first-order valence-corrected chi connectivity index (χ1v) is 25.8. The minimum atomic E-state index is -0.0370. The molecule has 0 saturated carbocycles. The number of aryl methyl sites for hydroxylation is 1. The fourth-order valence-corrected chi connectivity index (χ4v) is 12.7. The van der Waals surface area contributed by atoms with Gasteiger partial charge in [0.15, 0.2) is 0 Å². The number of benzene rings is 6. The Balaban J connectivity index is 1.32. The molecule has 3 heterocycles. The second kappa shape index (κ2) is 15.0. The molecule has 3 aliphatic rings. The highest BCUT2D eigenvalue weighted by molar-refractivity contribution is 7.33. The summed E-state index contributed by atoms with van der Waals surface area (Å²) in [6, 6.07) is 44.0. The number of rotatable bonds is 3. The quantitative estimate of drug-likeness (QED) is 0.163. The van der Waals surface area contributed by atoms with Crippen LogP contribution in [0.3, 0.4) is 0 Å². The number of anilines is 6. The molecule has 7 aromatic rings. The minimum absolute atomic E-state index is 0.0141. The maximum atomic E-state index is 2.70. The molecule has 0 radical (unpaired) electrons. The van der Waals surface area contributed by atoms with E-state index < -0.39 is 0 Å². The molecule has 2 nitrogen and oxygen atoms in total. The van der Waals surface area contributed by atoms with E-state index in [0.717, 1.165) is 0 Å². The molecular formula is C63H73BN2S. The molecule has 1 aromatic heterocycles. The number of hydrogen-bond donors (Lipinski definition) is 0. The van der Waals surface area contributed by atoms with Gasteiger partial charge in [0, 0.05) is 43.2 Å². The third-order valence-corrected chi connectivity index (χ3v) is 17.0. The Kier molecular flexibility index (Phi) is 10.2. The largest absolute Gasteiger partial charge is 0.311 e. The van der Waals surface area contributed by atoms with Crippen LogP contribution >= 0.6 is 11.3 Å². The van der Waals surface area contributed by atoms with E-state index in [4.69, 9.17) is 0 Å². The Morgan fingerprint density at radius 1 is 0.493 bits per heavy atom. The zero-order chi connectivity index (χ0) is 48.1. The van der Waals surface area contributed by atoms with Gasteiger partial charge in [0.2, 0.25) is 0 Å². The topological polar surface area (TPSA) is 6.48 Å². The smallest absolute Gasteiger partial charge is 0.264 e. The normalized spacial score (nSPS) is 16.5. The van der Waals surface area contributed by atoms with Crippen molar-refractivity contribution in [1.29, 1.82) is 0 Å². The van der Waals surface area contributed by atoms with E-state index in [9.17, 15) is 0 Å². The molecule has 0 atom stereocenters. The van der Waals surface area contributed by atoms with Crippen LogP contribution in [0.4, 0.5) is 34.1 Å². The summed E-state index contributed by atoms with van der Waals surface area (Å²) < 4.78 is 2.78. The van der Waals surface area contributed by atoms with Crippen molar-refractivity contribution < 1.29 is 0 Å². The number of thiophene rings is 1. The Morgan fingerprint density at radius 2 is 1.03 bits per heavy atom. The standard InChI is InChI=1S/C63H73BN2S/c1-38-32-52-55-53(33-38)66(50-28-23-41(59(5,6)7)34-45(50)39-18-20-40(21-19-39)58(2,3)4)51-36-43(61(11,12)13)22-27-49(51)64(55)57-56(46-35-42(60(8,9)10)24-29-54(46)67-57)65(52)44-25-26-47-48(37-44)63(16,17)31-30-62(47,14)15/h18-29,32-37H,30-31H2,1-17H3. The lowest BCUT2D eigenvalue weighted by Gasteiger charge is -2.45. The third kappa shape index (κ3) is 7.51. The molecule has 0 amide bonds. The number of nitrogens with zero attached hydrogens (tertiary/aromatic N) is 2. The van der Waals surface area contributed by atoms with Gasteiger partial charge in [0.05, 0.1) is 11.4 Å². The molecule has 0 saturated heterocycles. The first-order chi connectivity index (χ1) is 31.1. The summed E-state index contributed by atoms with van der Waals surface area (Å²) in [5.41, 5.74) is 22.8. The third-order valence-electron chi connectivity index (χ3n) is 15.8. The van der Waals surface area contributed by atoms with Crippen molar-refractivity contribution in [3.63, 3.8) is 0 Å². The maximum Gasteiger partial charge on any atom is 0.264 e. The average Bonchev–Trinajstić information content (AvgIpc) is 3.62. The molecule has 4 heteroatoms. The van der Waals surface area contributed by atoms with E-state index in [1.165, 1.54) is 123 Å². The van der Waals surface area contributed by atoms with Gasteiger partial charge in [0.25, 0.3) is 6.71 Å². The van der Waals surface area contributed by atoms with Crippen molar-refractivity contribution in [1.82, 2.24) is 0 Å². The van der Waals surface area contributed by atoms with Gasteiger partial charge >= 0.3 is 0 Å². The Bertz CT molecular complexity index is 3130. The van der Waals surface area contributed by atoms with Crippen LogP contribution in [0.25, 0.3) is 21.2 Å². The highest BCUT2D eigenvalue weighted by Crippen LogP contribution is 2.53. The SMILES string of the molecule is Cc1cc2c3c(c1)N(c1ccc4c(c1)C(C)(C)CCC4(C)C)c1c(sc4ccc(C(C)(C)C)cc14)B3c1ccc(C(C)(C)C)cc1N2c1ccc(C(C)(C)C)cc1-c1ccc(C(C)(C)C)cc1. The van der Waals surface area contributed by atoms with Crippen LogP contribution in [0.2, 0.25) is 0 Å². The zero-order valence-corrected chi connectivity index (χ0v) is 44.5. The molecule has 6 aromatic carbocycles. The first-order valence-electron chi connectivity index (χ1n) is 25.0. The summed E-state index contributed by atoms with van der Waals surface area (Å²) in [5, 5.41) is 1.35. The van der Waals surface area contributed by atoms with Gasteiger partial charge in [-0.1, -0.05) is 165 Å². The molecule has 1 aliphatic carbocycles. The van der Waals surface area contributed by atoms with Gasteiger partial charge in [0.1, 0.15) is 0 Å². The highest BCUT2D eigenvalue weighted by Gasteiger charge is 2.47. The van der Waals surface area contributed by atoms with E-state index in [1.54, 1.807) is 0 Å². The Hall–Kier alpha value is -5.06. The molecule has 67 heavy (non-hydrogen) atoms. The molecule has 10 rings (SSSR count). The van der Waals surface area contributed by atoms with Crippen molar-refractivity contribution in [2.75, 3.05) is 9.80 Å².